The van der Waals surface area contributed by atoms with Crippen LogP contribution in [0.25, 0.3) is 0 Å². The summed E-state index contributed by atoms with van der Waals surface area (Å²) in [6, 6.07) is 0. The van der Waals surface area contributed by atoms with Gasteiger partial charge in [0.05, 0.1) is 12.1 Å². The first-order chi connectivity index (χ1) is 8.16. The first-order valence-electron chi connectivity index (χ1n) is 6.50. The minimum absolute atomic E-state index is 0.424. The fourth-order valence-corrected chi connectivity index (χ4v) is 3.06. The van der Waals surface area contributed by atoms with Gasteiger partial charge in [0.1, 0.15) is 0 Å². The van der Waals surface area contributed by atoms with Crippen LogP contribution in [-0.2, 0) is 0 Å². The third-order valence-corrected chi connectivity index (χ3v) is 4.20. The third kappa shape index (κ3) is 6.17. The lowest BCUT2D eigenvalue weighted by atomic mass is 10.1. The van der Waals surface area contributed by atoms with Gasteiger partial charge >= 0.3 is 0 Å². The van der Waals surface area contributed by atoms with E-state index >= 15 is 0 Å². The molecule has 0 aromatic heterocycles. The van der Waals surface area contributed by atoms with Crippen LogP contribution < -0.4 is 11.1 Å². The molecule has 0 aromatic rings. The van der Waals surface area contributed by atoms with Gasteiger partial charge in [-0.05, 0) is 18.6 Å². The van der Waals surface area contributed by atoms with Crippen molar-refractivity contribution in [2.75, 3.05) is 24.6 Å². The summed E-state index contributed by atoms with van der Waals surface area (Å²) in [7, 11) is 0. The Morgan fingerprint density at radius 1 is 1.47 bits per heavy atom. The Kier molecular flexibility index (Phi) is 6.73. The number of aliphatic imine (C=N–C) groups is 1. The first-order valence-corrected chi connectivity index (χ1v) is 7.66. The van der Waals surface area contributed by atoms with E-state index in [1.165, 1.54) is 19.3 Å². The number of guanidine groups is 1. The lowest BCUT2D eigenvalue weighted by Crippen LogP contribution is -2.37. The van der Waals surface area contributed by atoms with Gasteiger partial charge in [-0.3, -0.25) is 4.99 Å². The minimum Gasteiger partial charge on any atom is -0.387 e. The molecule has 5 heteroatoms. The second-order valence-electron chi connectivity index (χ2n) is 4.72. The van der Waals surface area contributed by atoms with Crippen LogP contribution in [0.2, 0.25) is 0 Å². The van der Waals surface area contributed by atoms with Gasteiger partial charge in [-0.1, -0.05) is 26.2 Å². The molecule has 1 atom stereocenters. The Labute approximate surface area is 108 Å². The van der Waals surface area contributed by atoms with Crippen LogP contribution in [0, 0.1) is 0 Å². The van der Waals surface area contributed by atoms with Crippen LogP contribution in [0.4, 0.5) is 0 Å². The molecule has 4 nitrogen and oxygen atoms in total. The van der Waals surface area contributed by atoms with Crippen molar-refractivity contribution in [2.24, 2.45) is 10.7 Å². The lowest BCUT2D eigenvalue weighted by Gasteiger charge is -2.18. The van der Waals surface area contributed by atoms with Crippen molar-refractivity contribution >= 4 is 17.7 Å². The maximum absolute atomic E-state index is 10.1. The largest absolute Gasteiger partial charge is 0.387 e. The van der Waals surface area contributed by atoms with Gasteiger partial charge in [-0.2, -0.15) is 11.8 Å². The molecule has 1 fully saturated rings. The fraction of sp³-hybridized carbons (Fsp3) is 0.917. The monoisotopic (exact) mass is 259 g/mol. The van der Waals surface area contributed by atoms with E-state index in [0.29, 0.717) is 12.5 Å². The molecule has 100 valence electrons. The third-order valence-electron chi connectivity index (χ3n) is 2.96. The molecule has 0 amide bonds. The predicted molar refractivity (Wildman–Crippen MR) is 75.5 cm³/mol. The Morgan fingerprint density at radius 2 is 2.29 bits per heavy atom. The Bertz CT molecular complexity index is 240. The number of nitrogens with zero attached hydrogens (tertiary/aromatic N) is 1. The highest BCUT2D eigenvalue weighted by Gasteiger charge is 2.31. The Morgan fingerprint density at radius 3 is 2.94 bits per heavy atom. The second kappa shape index (κ2) is 7.82. The number of aliphatic hydroxyl groups is 1. The number of unbranched alkanes of at least 4 members (excludes halogenated alkanes) is 3. The molecule has 1 aliphatic heterocycles. The maximum atomic E-state index is 10.1. The van der Waals surface area contributed by atoms with E-state index in [-0.39, 0.29) is 0 Å². The van der Waals surface area contributed by atoms with Crippen molar-refractivity contribution in [3.63, 3.8) is 0 Å². The molecule has 0 aromatic carbocycles. The Balaban J connectivity index is 2.11. The average molecular weight is 259 g/mol. The van der Waals surface area contributed by atoms with Crippen molar-refractivity contribution in [2.45, 2.75) is 44.6 Å². The molecule has 0 radical (unpaired) electrons. The summed E-state index contributed by atoms with van der Waals surface area (Å²) >= 11 is 1.78. The van der Waals surface area contributed by atoms with Crippen LogP contribution in [0.1, 0.15) is 39.0 Å². The maximum Gasteiger partial charge on any atom is 0.188 e. The molecule has 1 aliphatic rings. The molecule has 1 heterocycles. The molecular weight excluding hydrogens is 234 g/mol. The van der Waals surface area contributed by atoms with Crippen molar-refractivity contribution in [3.05, 3.63) is 0 Å². The quantitative estimate of drug-likeness (QED) is 0.366. The summed E-state index contributed by atoms with van der Waals surface area (Å²) in [4.78, 5) is 4.22. The molecule has 0 bridgehead atoms. The van der Waals surface area contributed by atoms with Crippen LogP contribution in [-0.4, -0.2) is 41.3 Å². The highest BCUT2D eigenvalue weighted by Crippen LogP contribution is 2.27. The van der Waals surface area contributed by atoms with Gasteiger partial charge in [0.25, 0.3) is 0 Å². The molecule has 0 spiro atoms. The number of nitrogens with one attached hydrogen (secondary N) is 1. The fourth-order valence-electron chi connectivity index (χ4n) is 1.78. The van der Waals surface area contributed by atoms with Crippen LogP contribution in [0.15, 0.2) is 4.99 Å². The van der Waals surface area contributed by atoms with E-state index in [2.05, 4.69) is 17.2 Å². The summed E-state index contributed by atoms with van der Waals surface area (Å²) in [5, 5.41) is 13.2. The van der Waals surface area contributed by atoms with E-state index in [0.717, 1.165) is 30.9 Å². The van der Waals surface area contributed by atoms with Gasteiger partial charge in [-0.15, -0.1) is 0 Å². The molecule has 4 N–H and O–H groups in total. The van der Waals surface area contributed by atoms with Gasteiger partial charge in [-0.25, -0.2) is 0 Å². The minimum atomic E-state index is -0.626. The number of nitrogens with two attached hydrogens (primary N) is 1. The standard InChI is InChI=1S/C12H25N3OS/c1-2-3-4-5-7-14-11(13)15-9-12(16)6-8-17-10-12/h16H,2-10H2,1H3,(H3,13,14,15). The molecule has 0 aliphatic carbocycles. The highest BCUT2D eigenvalue weighted by atomic mass is 32.2. The van der Waals surface area contributed by atoms with E-state index in [9.17, 15) is 5.11 Å². The van der Waals surface area contributed by atoms with E-state index in [4.69, 9.17) is 5.73 Å². The van der Waals surface area contributed by atoms with Gasteiger partial charge in [0, 0.05) is 12.3 Å². The van der Waals surface area contributed by atoms with E-state index in [1.54, 1.807) is 11.8 Å². The summed E-state index contributed by atoms with van der Waals surface area (Å²) in [5.74, 6) is 2.27. The average Bonchev–Trinajstić information content (AvgIpc) is 2.74. The van der Waals surface area contributed by atoms with Gasteiger partial charge in [0.15, 0.2) is 5.96 Å². The lowest BCUT2D eigenvalue weighted by molar-refractivity contribution is 0.0779. The summed E-state index contributed by atoms with van der Waals surface area (Å²) in [6.45, 7) is 3.50. The highest BCUT2D eigenvalue weighted by molar-refractivity contribution is 7.99. The van der Waals surface area contributed by atoms with Gasteiger partial charge in [0.2, 0.25) is 0 Å². The zero-order valence-electron chi connectivity index (χ0n) is 10.7. The first kappa shape index (κ1) is 14.6. The number of thioether (sulfide) groups is 1. The molecule has 0 saturated carbocycles. The summed E-state index contributed by atoms with van der Waals surface area (Å²) in [6.07, 6.45) is 5.70. The number of hydrogen-bond acceptors (Lipinski definition) is 3. The van der Waals surface area contributed by atoms with Crippen molar-refractivity contribution in [1.82, 2.24) is 5.32 Å². The molecule has 1 rings (SSSR count). The predicted octanol–water partition coefficient (Wildman–Crippen LogP) is 1.34. The summed E-state index contributed by atoms with van der Waals surface area (Å²) < 4.78 is 0. The van der Waals surface area contributed by atoms with E-state index in [1.807, 2.05) is 0 Å². The molecule has 17 heavy (non-hydrogen) atoms. The topological polar surface area (TPSA) is 70.6 Å². The molecular formula is C12H25N3OS. The molecule has 1 saturated heterocycles. The molecule has 1 unspecified atom stereocenters. The summed E-state index contributed by atoms with van der Waals surface area (Å²) in [5.41, 5.74) is 5.12. The number of hydrogen-bond donors (Lipinski definition) is 3. The van der Waals surface area contributed by atoms with Crippen molar-refractivity contribution in [1.29, 1.82) is 0 Å². The van der Waals surface area contributed by atoms with E-state index < -0.39 is 5.60 Å². The van der Waals surface area contributed by atoms with Gasteiger partial charge < -0.3 is 16.2 Å². The van der Waals surface area contributed by atoms with Crippen molar-refractivity contribution in [3.8, 4) is 0 Å². The Hall–Kier alpha value is -0.420. The van der Waals surface area contributed by atoms with Crippen LogP contribution >= 0.6 is 11.8 Å². The zero-order valence-corrected chi connectivity index (χ0v) is 11.6. The number of rotatable bonds is 7. The zero-order chi connectivity index (χ0) is 12.6. The second-order valence-corrected chi connectivity index (χ2v) is 5.82. The normalized spacial score (nSPS) is 25.2. The van der Waals surface area contributed by atoms with Crippen molar-refractivity contribution < 1.29 is 5.11 Å². The van der Waals surface area contributed by atoms with Crippen LogP contribution in [0.3, 0.4) is 0 Å². The SMILES string of the molecule is CCCCCCNC(N)=NCC1(O)CCSC1. The van der Waals surface area contributed by atoms with Crippen LogP contribution in [0.5, 0.6) is 0 Å². The smallest absolute Gasteiger partial charge is 0.188 e.